The van der Waals surface area contributed by atoms with Crippen molar-refractivity contribution in [2.75, 3.05) is 26.4 Å². The van der Waals surface area contributed by atoms with Gasteiger partial charge in [-0.05, 0) is 35.4 Å². The van der Waals surface area contributed by atoms with Crippen LogP contribution < -0.4 is 9.47 Å². The van der Waals surface area contributed by atoms with Gasteiger partial charge in [-0.1, -0.05) is 38.1 Å². The first-order valence-electron chi connectivity index (χ1n) is 9.39. The van der Waals surface area contributed by atoms with E-state index < -0.39 is 0 Å². The van der Waals surface area contributed by atoms with Gasteiger partial charge < -0.3 is 18.9 Å². The first-order chi connectivity index (χ1) is 13.6. The van der Waals surface area contributed by atoms with Gasteiger partial charge in [-0.15, -0.1) is 0 Å². The van der Waals surface area contributed by atoms with E-state index in [0.717, 1.165) is 22.6 Å². The Morgan fingerprint density at radius 3 is 1.29 bits per heavy atom. The van der Waals surface area contributed by atoms with E-state index in [-0.39, 0.29) is 25.2 Å². The SMILES string of the molecule is CCC(=O)OCCOc1ccc(-c2ccc(OCCOC(=O)CC)cc2)cc1. The lowest BCUT2D eigenvalue weighted by Gasteiger charge is -2.09. The van der Waals surface area contributed by atoms with Crippen LogP contribution in [0.4, 0.5) is 0 Å². The highest BCUT2D eigenvalue weighted by molar-refractivity contribution is 5.69. The number of hydrogen-bond donors (Lipinski definition) is 0. The molecule has 0 aliphatic carbocycles. The van der Waals surface area contributed by atoms with Crippen molar-refractivity contribution in [3.63, 3.8) is 0 Å². The van der Waals surface area contributed by atoms with Crippen molar-refractivity contribution in [1.82, 2.24) is 0 Å². The van der Waals surface area contributed by atoms with E-state index in [4.69, 9.17) is 18.9 Å². The molecule has 0 aromatic heterocycles. The number of benzene rings is 2. The van der Waals surface area contributed by atoms with Crippen molar-refractivity contribution in [2.24, 2.45) is 0 Å². The Morgan fingerprint density at radius 2 is 0.964 bits per heavy atom. The summed E-state index contributed by atoms with van der Waals surface area (Å²) in [7, 11) is 0. The predicted octanol–water partition coefficient (Wildman–Crippen LogP) is 4.02. The van der Waals surface area contributed by atoms with Gasteiger partial charge in [0.15, 0.2) is 0 Å². The molecule has 6 heteroatoms. The summed E-state index contributed by atoms with van der Waals surface area (Å²) in [5.41, 5.74) is 2.10. The normalized spacial score (nSPS) is 10.2. The largest absolute Gasteiger partial charge is 0.490 e. The van der Waals surface area contributed by atoms with Crippen LogP contribution in [0.3, 0.4) is 0 Å². The molecule has 0 amide bonds. The first kappa shape index (κ1) is 21.3. The lowest BCUT2D eigenvalue weighted by atomic mass is 10.1. The van der Waals surface area contributed by atoms with Crippen molar-refractivity contribution in [3.05, 3.63) is 48.5 Å². The minimum atomic E-state index is -0.228. The lowest BCUT2D eigenvalue weighted by Crippen LogP contribution is -2.11. The van der Waals surface area contributed by atoms with Gasteiger partial charge in [0, 0.05) is 12.8 Å². The molecular formula is C22H26O6. The molecular weight excluding hydrogens is 360 g/mol. The Hall–Kier alpha value is -3.02. The minimum Gasteiger partial charge on any atom is -0.490 e. The van der Waals surface area contributed by atoms with Crippen molar-refractivity contribution in [2.45, 2.75) is 26.7 Å². The lowest BCUT2D eigenvalue weighted by molar-refractivity contribution is -0.144. The van der Waals surface area contributed by atoms with Crippen LogP contribution in [0.5, 0.6) is 11.5 Å². The molecule has 6 nitrogen and oxygen atoms in total. The van der Waals surface area contributed by atoms with Crippen LogP contribution in [0.1, 0.15) is 26.7 Å². The molecule has 0 bridgehead atoms. The maximum absolute atomic E-state index is 11.1. The van der Waals surface area contributed by atoms with Crippen LogP contribution in [0.25, 0.3) is 11.1 Å². The summed E-state index contributed by atoms with van der Waals surface area (Å²) >= 11 is 0. The molecule has 0 spiro atoms. The average Bonchev–Trinajstić information content (AvgIpc) is 2.74. The Bertz CT molecular complexity index is 671. The molecule has 0 aliphatic heterocycles. The van der Waals surface area contributed by atoms with Crippen molar-refractivity contribution < 1.29 is 28.5 Å². The second kappa shape index (κ2) is 11.6. The fraction of sp³-hybridized carbons (Fsp3) is 0.364. The molecule has 0 saturated carbocycles. The summed E-state index contributed by atoms with van der Waals surface area (Å²) in [4.78, 5) is 22.1. The fourth-order valence-electron chi connectivity index (χ4n) is 2.32. The van der Waals surface area contributed by atoms with Gasteiger partial charge in [-0.2, -0.15) is 0 Å². The van der Waals surface area contributed by atoms with E-state index in [2.05, 4.69) is 0 Å². The molecule has 150 valence electrons. The molecule has 0 unspecified atom stereocenters. The van der Waals surface area contributed by atoms with E-state index in [9.17, 15) is 9.59 Å². The highest BCUT2D eigenvalue weighted by Gasteiger charge is 2.02. The molecule has 2 aromatic rings. The number of rotatable bonds is 11. The van der Waals surface area contributed by atoms with Crippen molar-refractivity contribution in [3.8, 4) is 22.6 Å². The summed E-state index contributed by atoms with van der Waals surface area (Å²) in [5.74, 6) is 0.984. The highest BCUT2D eigenvalue weighted by atomic mass is 16.6. The smallest absolute Gasteiger partial charge is 0.305 e. The monoisotopic (exact) mass is 386 g/mol. The minimum absolute atomic E-state index is 0.228. The molecule has 0 heterocycles. The molecule has 0 saturated heterocycles. The van der Waals surface area contributed by atoms with Crippen LogP contribution in [0.2, 0.25) is 0 Å². The third-order valence-electron chi connectivity index (χ3n) is 3.85. The number of ether oxygens (including phenoxy) is 4. The summed E-state index contributed by atoms with van der Waals surface area (Å²) in [6.45, 7) is 4.64. The topological polar surface area (TPSA) is 71.1 Å². The molecule has 2 aromatic carbocycles. The standard InChI is InChI=1S/C22H26O6/c1-3-21(23)27-15-13-25-19-9-5-17(6-10-19)18-7-11-20(12-8-18)26-14-16-28-22(24)4-2/h5-12H,3-4,13-16H2,1-2H3. The summed E-state index contributed by atoms with van der Waals surface area (Å²) in [6.07, 6.45) is 0.732. The van der Waals surface area contributed by atoms with Crippen LogP contribution in [-0.4, -0.2) is 38.4 Å². The average molecular weight is 386 g/mol. The van der Waals surface area contributed by atoms with Crippen molar-refractivity contribution in [1.29, 1.82) is 0 Å². The quantitative estimate of drug-likeness (QED) is 0.429. The van der Waals surface area contributed by atoms with Gasteiger partial charge in [0.05, 0.1) is 0 Å². The third-order valence-corrected chi connectivity index (χ3v) is 3.85. The van der Waals surface area contributed by atoms with E-state index in [1.807, 2.05) is 48.5 Å². The summed E-state index contributed by atoms with van der Waals surface area (Å²) in [5, 5.41) is 0. The van der Waals surface area contributed by atoms with Crippen LogP contribution >= 0.6 is 0 Å². The number of esters is 2. The zero-order valence-electron chi connectivity index (χ0n) is 16.3. The maximum atomic E-state index is 11.1. The Kier molecular flexibility index (Phi) is 8.85. The molecule has 28 heavy (non-hydrogen) atoms. The Morgan fingerprint density at radius 1 is 0.607 bits per heavy atom. The van der Waals surface area contributed by atoms with E-state index in [1.54, 1.807) is 13.8 Å². The molecule has 0 radical (unpaired) electrons. The predicted molar refractivity (Wildman–Crippen MR) is 105 cm³/mol. The van der Waals surface area contributed by atoms with Gasteiger partial charge in [-0.25, -0.2) is 0 Å². The number of carbonyl (C=O) groups is 2. The van der Waals surface area contributed by atoms with Crippen LogP contribution in [0.15, 0.2) is 48.5 Å². The maximum Gasteiger partial charge on any atom is 0.305 e. The number of hydrogen-bond acceptors (Lipinski definition) is 6. The zero-order valence-corrected chi connectivity index (χ0v) is 16.3. The van der Waals surface area contributed by atoms with Crippen LogP contribution in [-0.2, 0) is 19.1 Å². The first-order valence-corrected chi connectivity index (χ1v) is 9.39. The summed E-state index contributed by atoms with van der Waals surface area (Å²) < 4.78 is 21.1. The fourth-order valence-corrected chi connectivity index (χ4v) is 2.32. The summed E-state index contributed by atoms with van der Waals surface area (Å²) in [6, 6.07) is 15.4. The second-order valence-electron chi connectivity index (χ2n) is 5.89. The van der Waals surface area contributed by atoms with Crippen LogP contribution in [0, 0.1) is 0 Å². The van der Waals surface area contributed by atoms with Gasteiger partial charge in [0.2, 0.25) is 0 Å². The second-order valence-corrected chi connectivity index (χ2v) is 5.89. The van der Waals surface area contributed by atoms with E-state index in [0.29, 0.717) is 26.1 Å². The molecule has 0 aliphatic rings. The Labute approximate surface area is 165 Å². The van der Waals surface area contributed by atoms with Crippen molar-refractivity contribution >= 4 is 11.9 Å². The molecule has 0 atom stereocenters. The Balaban J connectivity index is 1.78. The van der Waals surface area contributed by atoms with Gasteiger partial charge in [0.1, 0.15) is 37.9 Å². The van der Waals surface area contributed by atoms with Gasteiger partial charge in [-0.3, -0.25) is 9.59 Å². The zero-order chi connectivity index (χ0) is 20.2. The molecule has 0 fully saturated rings. The van der Waals surface area contributed by atoms with E-state index in [1.165, 1.54) is 0 Å². The number of carbonyl (C=O) groups excluding carboxylic acids is 2. The van der Waals surface area contributed by atoms with E-state index >= 15 is 0 Å². The molecule has 0 N–H and O–H groups in total. The van der Waals surface area contributed by atoms with Gasteiger partial charge >= 0.3 is 11.9 Å². The molecule has 2 rings (SSSR count). The highest BCUT2D eigenvalue weighted by Crippen LogP contribution is 2.24. The van der Waals surface area contributed by atoms with Gasteiger partial charge in [0.25, 0.3) is 0 Å². The third kappa shape index (κ3) is 7.31.